The van der Waals surface area contributed by atoms with E-state index in [1.165, 1.54) is 12.1 Å². The van der Waals surface area contributed by atoms with Gasteiger partial charge < -0.3 is 10.6 Å². The molecule has 2 nitrogen and oxygen atoms in total. The highest BCUT2D eigenvalue weighted by atomic mass is 35.5. The number of anilines is 1. The fraction of sp³-hybridized carbons (Fsp3) is 0.278. The van der Waals surface area contributed by atoms with E-state index in [0.29, 0.717) is 0 Å². The van der Waals surface area contributed by atoms with Gasteiger partial charge in [-0.2, -0.15) is 13.2 Å². The lowest BCUT2D eigenvalue weighted by atomic mass is 10.00. The van der Waals surface area contributed by atoms with Crippen molar-refractivity contribution in [2.45, 2.75) is 32.5 Å². The number of aryl methyl sites for hydroxylation is 1. The number of alkyl halides is 3. The summed E-state index contributed by atoms with van der Waals surface area (Å²) in [6.07, 6.45) is -3.74. The van der Waals surface area contributed by atoms with Crippen LogP contribution in [0.15, 0.2) is 42.5 Å². The van der Waals surface area contributed by atoms with E-state index >= 15 is 0 Å². The van der Waals surface area contributed by atoms with Gasteiger partial charge in [-0.3, -0.25) is 0 Å². The highest BCUT2D eigenvalue weighted by Gasteiger charge is 2.33. The van der Waals surface area contributed by atoms with Crippen molar-refractivity contribution in [1.82, 2.24) is 5.32 Å². The summed E-state index contributed by atoms with van der Waals surface area (Å²) in [6, 6.07) is 11.5. The quantitative estimate of drug-likeness (QED) is 0.620. The lowest BCUT2D eigenvalue weighted by Crippen LogP contribution is -2.32. The van der Waals surface area contributed by atoms with E-state index in [9.17, 15) is 13.2 Å². The summed E-state index contributed by atoms with van der Waals surface area (Å²) in [4.78, 5) is 0. The number of halogens is 4. The number of rotatable bonds is 4. The second kappa shape index (κ2) is 8.06. The predicted molar refractivity (Wildman–Crippen MR) is 100 cm³/mol. The third-order valence-electron chi connectivity index (χ3n) is 3.81. The Morgan fingerprint density at radius 3 is 2.48 bits per heavy atom. The molecule has 0 spiro atoms. The number of hydrogen-bond acceptors (Lipinski definition) is 1. The molecule has 0 amide bonds. The molecule has 2 N–H and O–H groups in total. The minimum Gasteiger partial charge on any atom is -0.356 e. The molecule has 0 aliphatic carbocycles. The fourth-order valence-electron chi connectivity index (χ4n) is 2.52. The van der Waals surface area contributed by atoms with Crippen molar-refractivity contribution < 1.29 is 13.2 Å². The Balaban J connectivity index is 2.13. The average molecular weight is 387 g/mol. The number of nitrogens with one attached hydrogen (secondary N) is 2. The zero-order chi connectivity index (χ0) is 18.6. The van der Waals surface area contributed by atoms with Crippen LogP contribution in [-0.2, 0) is 6.18 Å². The third kappa shape index (κ3) is 5.09. The van der Waals surface area contributed by atoms with Crippen LogP contribution in [0.25, 0.3) is 0 Å². The summed E-state index contributed by atoms with van der Waals surface area (Å²) in [5, 5.41) is 5.86. The van der Waals surface area contributed by atoms with Gasteiger partial charge in [0.2, 0.25) is 0 Å². The molecule has 1 atom stereocenters. The van der Waals surface area contributed by atoms with Crippen molar-refractivity contribution in [2.75, 3.05) is 5.32 Å². The first-order chi connectivity index (χ1) is 11.7. The Bertz CT molecular complexity index is 762. The Hall–Kier alpha value is -1.79. The molecule has 0 aromatic heterocycles. The van der Waals surface area contributed by atoms with Gasteiger partial charge in [0.15, 0.2) is 5.11 Å². The SMILES string of the molecule is CC[C@@H](NC(=S)Nc1ccc(Cl)c(C(F)(F)F)c1)c1ccccc1C. The molecular formula is C18H18ClF3N2S. The summed E-state index contributed by atoms with van der Waals surface area (Å²) in [7, 11) is 0. The molecule has 2 aromatic rings. The first-order valence-electron chi connectivity index (χ1n) is 7.72. The molecule has 0 aliphatic heterocycles. The molecule has 0 bridgehead atoms. The zero-order valence-electron chi connectivity index (χ0n) is 13.7. The second-order valence-corrected chi connectivity index (χ2v) is 6.42. The Morgan fingerprint density at radius 1 is 1.20 bits per heavy atom. The minimum absolute atomic E-state index is 0.0319. The molecule has 2 rings (SSSR count). The monoisotopic (exact) mass is 386 g/mol. The van der Waals surface area contributed by atoms with E-state index < -0.39 is 11.7 Å². The van der Waals surface area contributed by atoms with Crippen molar-refractivity contribution in [3.05, 3.63) is 64.2 Å². The summed E-state index contributed by atoms with van der Waals surface area (Å²) >= 11 is 10.9. The van der Waals surface area contributed by atoms with E-state index in [0.717, 1.165) is 23.6 Å². The van der Waals surface area contributed by atoms with Gasteiger partial charge in [-0.1, -0.05) is 42.8 Å². The zero-order valence-corrected chi connectivity index (χ0v) is 15.3. The molecule has 0 heterocycles. The van der Waals surface area contributed by atoms with Crippen molar-refractivity contribution in [1.29, 1.82) is 0 Å². The first-order valence-corrected chi connectivity index (χ1v) is 8.50. The maximum Gasteiger partial charge on any atom is 0.417 e. The van der Waals surface area contributed by atoms with Crippen LogP contribution in [0.2, 0.25) is 5.02 Å². The van der Waals surface area contributed by atoms with Crippen LogP contribution in [-0.4, -0.2) is 5.11 Å². The molecule has 0 aliphatic rings. The van der Waals surface area contributed by atoms with Gasteiger partial charge in [0.05, 0.1) is 16.6 Å². The lowest BCUT2D eigenvalue weighted by Gasteiger charge is -2.22. The molecule has 7 heteroatoms. The minimum atomic E-state index is -4.52. The lowest BCUT2D eigenvalue weighted by molar-refractivity contribution is -0.137. The van der Waals surface area contributed by atoms with E-state index in [1.807, 2.05) is 38.1 Å². The van der Waals surface area contributed by atoms with Crippen LogP contribution in [0, 0.1) is 6.92 Å². The Kier molecular flexibility index (Phi) is 6.30. The van der Waals surface area contributed by atoms with Gasteiger partial charge in [-0.15, -0.1) is 0 Å². The van der Waals surface area contributed by atoms with Crippen LogP contribution < -0.4 is 10.6 Å². The van der Waals surface area contributed by atoms with E-state index in [1.54, 1.807) is 0 Å². The van der Waals surface area contributed by atoms with Gasteiger partial charge in [-0.25, -0.2) is 0 Å². The van der Waals surface area contributed by atoms with Crippen molar-refractivity contribution >= 4 is 34.6 Å². The molecule has 0 saturated heterocycles. The molecule has 0 fully saturated rings. The predicted octanol–water partition coefficient (Wildman–Crippen LogP) is 6.10. The van der Waals surface area contributed by atoms with E-state index in [2.05, 4.69) is 10.6 Å². The standard InChI is InChI=1S/C18H18ClF3N2S/c1-3-16(13-7-5-4-6-11(13)2)24-17(25)23-12-8-9-15(19)14(10-12)18(20,21)22/h4-10,16H,3H2,1-2H3,(H2,23,24,25)/t16-/m1/s1. The van der Waals surface area contributed by atoms with Crippen LogP contribution in [0.4, 0.5) is 18.9 Å². The fourth-order valence-corrected chi connectivity index (χ4v) is 3.01. The van der Waals surface area contributed by atoms with Crippen molar-refractivity contribution in [3.63, 3.8) is 0 Å². The first kappa shape index (κ1) is 19.5. The maximum absolute atomic E-state index is 12.9. The molecule has 25 heavy (non-hydrogen) atoms. The molecule has 0 saturated carbocycles. The Labute approximate surface area is 155 Å². The highest BCUT2D eigenvalue weighted by Crippen LogP contribution is 2.36. The Morgan fingerprint density at radius 2 is 1.88 bits per heavy atom. The van der Waals surface area contributed by atoms with Crippen molar-refractivity contribution in [2.24, 2.45) is 0 Å². The van der Waals surface area contributed by atoms with Gasteiger partial charge in [0, 0.05) is 5.69 Å². The van der Waals surface area contributed by atoms with Crippen LogP contribution >= 0.6 is 23.8 Å². The molecule has 134 valence electrons. The van der Waals surface area contributed by atoms with Crippen LogP contribution in [0.3, 0.4) is 0 Å². The van der Waals surface area contributed by atoms with Crippen LogP contribution in [0.1, 0.15) is 36.1 Å². The largest absolute Gasteiger partial charge is 0.417 e. The number of thiocarbonyl (C=S) groups is 1. The normalized spacial score (nSPS) is 12.6. The van der Waals surface area contributed by atoms with Gasteiger partial charge in [0.25, 0.3) is 0 Å². The average Bonchev–Trinajstić information content (AvgIpc) is 2.54. The molecular weight excluding hydrogens is 369 g/mol. The smallest absolute Gasteiger partial charge is 0.356 e. The van der Waals surface area contributed by atoms with Gasteiger partial charge >= 0.3 is 6.18 Å². The summed E-state index contributed by atoms with van der Waals surface area (Å²) in [5.74, 6) is 0. The number of hydrogen-bond donors (Lipinski definition) is 2. The van der Waals surface area contributed by atoms with E-state index in [-0.39, 0.29) is 21.9 Å². The second-order valence-electron chi connectivity index (χ2n) is 5.61. The van der Waals surface area contributed by atoms with Gasteiger partial charge in [0.1, 0.15) is 0 Å². The van der Waals surface area contributed by atoms with Gasteiger partial charge in [-0.05, 0) is 54.9 Å². The van der Waals surface area contributed by atoms with E-state index in [4.69, 9.17) is 23.8 Å². The third-order valence-corrected chi connectivity index (χ3v) is 4.36. The summed E-state index contributed by atoms with van der Waals surface area (Å²) in [6.45, 7) is 4.02. The summed E-state index contributed by atoms with van der Waals surface area (Å²) < 4.78 is 38.8. The highest BCUT2D eigenvalue weighted by molar-refractivity contribution is 7.80. The maximum atomic E-state index is 12.9. The summed E-state index contributed by atoms with van der Waals surface area (Å²) in [5.41, 5.74) is 1.55. The number of benzene rings is 2. The molecule has 0 radical (unpaired) electrons. The topological polar surface area (TPSA) is 24.1 Å². The van der Waals surface area contributed by atoms with Crippen LogP contribution in [0.5, 0.6) is 0 Å². The van der Waals surface area contributed by atoms with Crippen molar-refractivity contribution in [3.8, 4) is 0 Å². The molecule has 2 aromatic carbocycles. The molecule has 0 unspecified atom stereocenters.